The molecule has 0 aliphatic heterocycles. The molecule has 0 aliphatic rings. The van der Waals surface area contributed by atoms with Crippen molar-refractivity contribution in [3.63, 3.8) is 0 Å². The molecule has 0 heterocycles. The van der Waals surface area contributed by atoms with E-state index in [1.807, 2.05) is 0 Å². The average molecular weight is 583 g/mol. The van der Waals surface area contributed by atoms with Gasteiger partial charge in [-0.05, 0) is 93.7 Å². The van der Waals surface area contributed by atoms with E-state index in [1.165, 1.54) is 87.6 Å². The molecule has 0 nitrogen and oxygen atoms in total. The third-order valence-corrected chi connectivity index (χ3v) is 9.45. The van der Waals surface area contributed by atoms with Crippen LogP contribution in [0.15, 0.2) is 182 Å². The fourth-order valence-corrected chi connectivity index (χ4v) is 7.41. The second-order valence-corrected chi connectivity index (χ2v) is 12.0. The van der Waals surface area contributed by atoms with Crippen molar-refractivity contribution < 1.29 is 0 Å². The van der Waals surface area contributed by atoms with Crippen molar-refractivity contribution in [2.24, 2.45) is 0 Å². The number of hydrogen-bond acceptors (Lipinski definition) is 0. The van der Waals surface area contributed by atoms with Crippen LogP contribution in [0, 0.1) is 0 Å². The Balaban J connectivity index is 1.46. The highest BCUT2D eigenvalue weighted by Gasteiger charge is 2.22. The molecule has 0 saturated heterocycles. The van der Waals surface area contributed by atoms with Gasteiger partial charge < -0.3 is 0 Å². The second kappa shape index (κ2) is 10.9. The van der Waals surface area contributed by atoms with Crippen molar-refractivity contribution in [3.05, 3.63) is 182 Å². The van der Waals surface area contributed by atoms with Gasteiger partial charge in [-0.25, -0.2) is 0 Å². The first-order valence-electron chi connectivity index (χ1n) is 15.9. The molecule has 0 unspecified atom stereocenters. The summed E-state index contributed by atoms with van der Waals surface area (Å²) in [6.07, 6.45) is 0. The molecule has 46 heavy (non-hydrogen) atoms. The molecular formula is C46H30. The van der Waals surface area contributed by atoms with Gasteiger partial charge in [-0.2, -0.15) is 0 Å². The fraction of sp³-hybridized carbons (Fsp3) is 0. The summed E-state index contributed by atoms with van der Waals surface area (Å²) >= 11 is 0. The Morgan fingerprint density at radius 2 is 0.783 bits per heavy atom. The van der Waals surface area contributed by atoms with Crippen LogP contribution in [0.1, 0.15) is 0 Å². The molecule has 214 valence electrons. The number of rotatable bonds is 4. The first kappa shape index (κ1) is 26.4. The van der Waals surface area contributed by atoms with E-state index in [2.05, 4.69) is 182 Å². The summed E-state index contributed by atoms with van der Waals surface area (Å²) in [6, 6.07) is 66.6. The van der Waals surface area contributed by atoms with Gasteiger partial charge in [-0.1, -0.05) is 176 Å². The Hall–Kier alpha value is -5.98. The van der Waals surface area contributed by atoms with E-state index < -0.39 is 0 Å². The fourth-order valence-electron chi connectivity index (χ4n) is 7.41. The van der Waals surface area contributed by atoms with Crippen LogP contribution in [0.3, 0.4) is 0 Å². The smallest absolute Gasteiger partial charge is 0.00139 e. The Labute approximate surface area is 268 Å². The molecule has 0 amide bonds. The Morgan fingerprint density at radius 1 is 0.239 bits per heavy atom. The monoisotopic (exact) mass is 582 g/mol. The van der Waals surface area contributed by atoms with Gasteiger partial charge in [0, 0.05) is 0 Å². The van der Waals surface area contributed by atoms with Crippen LogP contribution < -0.4 is 0 Å². The maximum Gasteiger partial charge on any atom is -0.00139 e. The van der Waals surface area contributed by atoms with Crippen molar-refractivity contribution >= 4 is 43.1 Å². The zero-order valence-electron chi connectivity index (χ0n) is 25.3. The first-order chi connectivity index (χ1) is 22.8. The van der Waals surface area contributed by atoms with Gasteiger partial charge in [0.25, 0.3) is 0 Å². The van der Waals surface area contributed by atoms with Crippen LogP contribution in [0.2, 0.25) is 0 Å². The van der Waals surface area contributed by atoms with Crippen LogP contribution >= 0.6 is 0 Å². The lowest BCUT2D eigenvalue weighted by Crippen LogP contribution is -1.95. The van der Waals surface area contributed by atoms with Gasteiger partial charge in [0.15, 0.2) is 0 Å². The molecule has 0 heteroatoms. The Kier molecular flexibility index (Phi) is 6.25. The Bertz CT molecular complexity index is 2570. The highest BCUT2D eigenvalue weighted by Crippen LogP contribution is 2.49. The summed E-state index contributed by atoms with van der Waals surface area (Å²) in [4.78, 5) is 0. The van der Waals surface area contributed by atoms with Gasteiger partial charge in [0.1, 0.15) is 0 Å². The quantitative estimate of drug-likeness (QED) is 0.181. The zero-order chi connectivity index (χ0) is 30.5. The van der Waals surface area contributed by atoms with Crippen molar-refractivity contribution in [1.29, 1.82) is 0 Å². The van der Waals surface area contributed by atoms with E-state index in [0.717, 1.165) is 0 Å². The lowest BCUT2D eigenvalue weighted by molar-refractivity contribution is 1.61. The van der Waals surface area contributed by atoms with Crippen LogP contribution in [0.4, 0.5) is 0 Å². The molecule has 0 fully saturated rings. The third kappa shape index (κ3) is 4.23. The molecule has 0 spiro atoms. The minimum absolute atomic E-state index is 1.22. The molecule has 0 aromatic heterocycles. The molecule has 0 radical (unpaired) electrons. The standard InChI is InChI=1S/C46H30/c1-2-15-33(16-3-1)38-25-13-27-43-44(39-26-12-19-32-17-6-7-20-36(32)39)41-23-10-11-24-42(41)46(45(38)43)40-22-9-8-21-37(40)35-29-28-31-14-4-5-18-34(31)30-35/h1-30H. The van der Waals surface area contributed by atoms with Gasteiger partial charge in [-0.3, -0.25) is 0 Å². The molecule has 0 N–H and O–H groups in total. The van der Waals surface area contributed by atoms with Crippen LogP contribution in [0.5, 0.6) is 0 Å². The zero-order valence-corrected chi connectivity index (χ0v) is 25.3. The second-order valence-electron chi connectivity index (χ2n) is 12.0. The average Bonchev–Trinajstić information content (AvgIpc) is 3.13. The van der Waals surface area contributed by atoms with E-state index in [0.29, 0.717) is 0 Å². The minimum Gasteiger partial charge on any atom is -0.0622 e. The van der Waals surface area contributed by atoms with E-state index >= 15 is 0 Å². The van der Waals surface area contributed by atoms with Gasteiger partial charge >= 0.3 is 0 Å². The molecule has 9 aromatic rings. The molecule has 0 bridgehead atoms. The van der Waals surface area contributed by atoms with Crippen molar-refractivity contribution in [3.8, 4) is 44.5 Å². The van der Waals surface area contributed by atoms with Crippen LogP contribution in [-0.4, -0.2) is 0 Å². The highest BCUT2D eigenvalue weighted by molar-refractivity contribution is 6.27. The SMILES string of the molecule is c1ccc(-c2cccc3c(-c4cccc5ccccc45)c4ccccc4c(-c4ccccc4-c4ccc5ccccc5c4)c23)cc1. The highest BCUT2D eigenvalue weighted by atomic mass is 14.2. The molecule has 0 saturated carbocycles. The van der Waals surface area contributed by atoms with Gasteiger partial charge in [-0.15, -0.1) is 0 Å². The van der Waals surface area contributed by atoms with Crippen LogP contribution in [-0.2, 0) is 0 Å². The summed E-state index contributed by atoms with van der Waals surface area (Å²) in [6.45, 7) is 0. The van der Waals surface area contributed by atoms with Crippen molar-refractivity contribution in [2.75, 3.05) is 0 Å². The van der Waals surface area contributed by atoms with Gasteiger partial charge in [0.05, 0.1) is 0 Å². The largest absolute Gasteiger partial charge is 0.0622 e. The predicted octanol–water partition coefficient (Wildman–Crippen LogP) is 13.0. The van der Waals surface area contributed by atoms with E-state index in [9.17, 15) is 0 Å². The minimum atomic E-state index is 1.22. The summed E-state index contributed by atoms with van der Waals surface area (Å²) in [5.41, 5.74) is 9.99. The lowest BCUT2D eigenvalue weighted by Gasteiger charge is -2.22. The van der Waals surface area contributed by atoms with E-state index in [-0.39, 0.29) is 0 Å². The van der Waals surface area contributed by atoms with E-state index in [4.69, 9.17) is 0 Å². The topological polar surface area (TPSA) is 0 Å². The normalized spacial score (nSPS) is 11.5. The first-order valence-corrected chi connectivity index (χ1v) is 15.9. The molecule has 9 rings (SSSR count). The summed E-state index contributed by atoms with van der Waals surface area (Å²) in [5.74, 6) is 0. The van der Waals surface area contributed by atoms with Crippen molar-refractivity contribution in [2.45, 2.75) is 0 Å². The molecule has 0 aliphatic carbocycles. The molecular weight excluding hydrogens is 553 g/mol. The third-order valence-electron chi connectivity index (χ3n) is 9.45. The van der Waals surface area contributed by atoms with Gasteiger partial charge in [0.2, 0.25) is 0 Å². The van der Waals surface area contributed by atoms with Crippen LogP contribution in [0.25, 0.3) is 87.6 Å². The molecule has 9 aromatic carbocycles. The Morgan fingerprint density at radius 3 is 1.61 bits per heavy atom. The number of hydrogen-bond donors (Lipinski definition) is 0. The van der Waals surface area contributed by atoms with E-state index in [1.54, 1.807) is 0 Å². The maximum absolute atomic E-state index is 2.33. The summed E-state index contributed by atoms with van der Waals surface area (Å²) in [5, 5.41) is 10.1. The number of benzene rings is 9. The lowest BCUT2D eigenvalue weighted by atomic mass is 9.80. The molecule has 0 atom stereocenters. The van der Waals surface area contributed by atoms with Crippen molar-refractivity contribution in [1.82, 2.24) is 0 Å². The maximum atomic E-state index is 2.33. The predicted molar refractivity (Wildman–Crippen MR) is 198 cm³/mol. The summed E-state index contributed by atoms with van der Waals surface area (Å²) < 4.78 is 0. The number of fused-ring (bicyclic) bond motifs is 4. The summed E-state index contributed by atoms with van der Waals surface area (Å²) in [7, 11) is 0.